The summed E-state index contributed by atoms with van der Waals surface area (Å²) in [5, 5.41) is 0. The second-order valence-corrected chi connectivity index (χ2v) is 1.15. The molecule has 0 rings (SSSR count). The first-order chi connectivity index (χ1) is 1.73. The van der Waals surface area contributed by atoms with Crippen LogP contribution in [0, 0.1) is 0 Å². The van der Waals surface area contributed by atoms with Gasteiger partial charge in [0.2, 0.25) is 0 Å². The molecular weight excluding hydrogens is 148 g/mol. The Balaban J connectivity index is 0. The molecule has 0 amide bonds. The number of rotatable bonds is 0. The molecular formula is C3H8NTc-. The predicted octanol–water partition coefficient (Wildman–Crippen LogP) is 1.44. The van der Waals surface area contributed by atoms with Crippen molar-refractivity contribution >= 4 is 0 Å². The van der Waals surface area contributed by atoms with E-state index >= 15 is 0 Å². The SMILES string of the molecule is CC(C)[NH-].[Tc]. The van der Waals surface area contributed by atoms with E-state index in [1.165, 1.54) is 0 Å². The topological polar surface area (TPSA) is 23.8 Å². The van der Waals surface area contributed by atoms with Crippen LogP contribution in [0.15, 0.2) is 0 Å². The third-order valence-electron chi connectivity index (χ3n) is 0. The molecule has 0 aromatic heterocycles. The van der Waals surface area contributed by atoms with Gasteiger partial charge < -0.3 is 5.73 Å². The minimum atomic E-state index is 0. The maximum atomic E-state index is 6.58. The fraction of sp³-hybridized carbons (Fsp3) is 1.00. The summed E-state index contributed by atoms with van der Waals surface area (Å²) >= 11 is 0. The monoisotopic (exact) mass is 155 g/mol. The Hall–Kier alpha value is 0.609. The van der Waals surface area contributed by atoms with Crippen LogP contribution < -0.4 is 0 Å². The van der Waals surface area contributed by atoms with E-state index in [1.54, 1.807) is 0 Å². The Kier molecular flexibility index (Phi) is 8.43. The van der Waals surface area contributed by atoms with Crippen LogP contribution in [0.3, 0.4) is 0 Å². The van der Waals surface area contributed by atoms with Gasteiger partial charge in [-0.25, -0.2) is 0 Å². The van der Waals surface area contributed by atoms with Crippen molar-refractivity contribution in [2.24, 2.45) is 0 Å². The van der Waals surface area contributed by atoms with Gasteiger partial charge in [0.25, 0.3) is 0 Å². The van der Waals surface area contributed by atoms with Crippen molar-refractivity contribution in [2.45, 2.75) is 19.9 Å². The van der Waals surface area contributed by atoms with Crippen LogP contribution >= 0.6 is 0 Å². The van der Waals surface area contributed by atoms with E-state index in [1.807, 2.05) is 13.8 Å². The van der Waals surface area contributed by atoms with Gasteiger partial charge in [0, 0.05) is 20.1 Å². The smallest absolute Gasteiger partial charge is 0 e. The van der Waals surface area contributed by atoms with E-state index in [9.17, 15) is 0 Å². The number of hydrogen-bond donors (Lipinski definition) is 0. The average Bonchev–Trinajstić information content (AvgIpc) is 0.811. The largest absolute Gasteiger partial charge is 0.675 e. The summed E-state index contributed by atoms with van der Waals surface area (Å²) in [6.07, 6.45) is 0. The molecule has 1 radical (unpaired) electrons. The van der Waals surface area contributed by atoms with Crippen molar-refractivity contribution in [3.05, 3.63) is 5.73 Å². The van der Waals surface area contributed by atoms with E-state index in [4.69, 9.17) is 5.73 Å². The molecule has 0 aliphatic carbocycles. The molecule has 0 unspecified atom stereocenters. The minimum absolute atomic E-state index is 0. The van der Waals surface area contributed by atoms with Crippen molar-refractivity contribution in [2.75, 3.05) is 0 Å². The molecule has 0 aliphatic heterocycles. The standard InChI is InChI=1S/C3H8N.Tc/c1-3(2)4;/h3-4H,1-2H3;/q-1;. The summed E-state index contributed by atoms with van der Waals surface area (Å²) < 4.78 is 0. The summed E-state index contributed by atoms with van der Waals surface area (Å²) in [6, 6.07) is 0.0833. The minimum Gasteiger partial charge on any atom is -0.675 e. The first-order valence-corrected chi connectivity index (χ1v) is 1.44. The third kappa shape index (κ3) is 84.5. The summed E-state index contributed by atoms with van der Waals surface area (Å²) in [5.41, 5.74) is 6.58. The Bertz CT molecular complexity index is 11.6. The van der Waals surface area contributed by atoms with Gasteiger partial charge in [-0.2, -0.15) is 0 Å². The summed E-state index contributed by atoms with van der Waals surface area (Å²) in [6.45, 7) is 3.67. The summed E-state index contributed by atoms with van der Waals surface area (Å²) in [4.78, 5) is 0. The third-order valence-corrected chi connectivity index (χ3v) is 0. The predicted molar refractivity (Wildman–Crippen MR) is 19.5 cm³/mol. The molecule has 0 aromatic carbocycles. The van der Waals surface area contributed by atoms with Crippen molar-refractivity contribution < 1.29 is 20.1 Å². The Morgan fingerprint density at radius 1 is 1.40 bits per heavy atom. The van der Waals surface area contributed by atoms with Gasteiger partial charge in [0.1, 0.15) is 0 Å². The zero-order valence-corrected chi connectivity index (χ0v) is 5.31. The molecule has 0 saturated carbocycles. The van der Waals surface area contributed by atoms with Crippen molar-refractivity contribution in [3.8, 4) is 0 Å². The maximum Gasteiger partial charge on any atom is 0 e. The number of nitrogens with one attached hydrogen (secondary N) is 1. The fourth-order valence-corrected chi connectivity index (χ4v) is 0. The van der Waals surface area contributed by atoms with E-state index in [2.05, 4.69) is 0 Å². The van der Waals surface area contributed by atoms with Crippen molar-refractivity contribution in [3.63, 3.8) is 0 Å². The maximum absolute atomic E-state index is 6.58. The molecule has 0 fully saturated rings. The van der Waals surface area contributed by atoms with E-state index < -0.39 is 0 Å². The molecule has 0 aliphatic rings. The Morgan fingerprint density at radius 2 is 1.40 bits per heavy atom. The van der Waals surface area contributed by atoms with Crippen LogP contribution in [0.1, 0.15) is 13.8 Å². The summed E-state index contributed by atoms with van der Waals surface area (Å²) in [5.74, 6) is 0. The van der Waals surface area contributed by atoms with E-state index in [0.717, 1.165) is 0 Å². The molecule has 0 bridgehead atoms. The van der Waals surface area contributed by atoms with Gasteiger partial charge in [-0.05, 0) is 0 Å². The van der Waals surface area contributed by atoms with Crippen LogP contribution in [0.2, 0.25) is 0 Å². The first kappa shape index (κ1) is 9.15. The number of hydrogen-bond acceptors (Lipinski definition) is 0. The fourth-order valence-electron chi connectivity index (χ4n) is 0. The normalized spacial score (nSPS) is 7.20. The second kappa shape index (κ2) is 4.61. The van der Waals surface area contributed by atoms with Gasteiger partial charge in [-0.1, -0.05) is 13.8 Å². The molecule has 1 nitrogen and oxygen atoms in total. The molecule has 0 heterocycles. The first-order valence-electron chi connectivity index (χ1n) is 1.44. The molecule has 0 saturated heterocycles. The summed E-state index contributed by atoms with van der Waals surface area (Å²) in [7, 11) is 0. The van der Waals surface area contributed by atoms with Gasteiger partial charge in [0.15, 0.2) is 0 Å². The van der Waals surface area contributed by atoms with Crippen LogP contribution in [0.25, 0.3) is 5.73 Å². The van der Waals surface area contributed by atoms with Gasteiger partial charge in [-0.15, -0.1) is 6.04 Å². The average molecular weight is 156 g/mol. The molecule has 33 valence electrons. The van der Waals surface area contributed by atoms with Crippen molar-refractivity contribution in [1.82, 2.24) is 0 Å². The Morgan fingerprint density at radius 3 is 1.40 bits per heavy atom. The van der Waals surface area contributed by atoms with Crippen LogP contribution in [-0.2, 0) is 20.1 Å². The van der Waals surface area contributed by atoms with Crippen LogP contribution in [0.5, 0.6) is 0 Å². The molecule has 2 heteroatoms. The molecule has 5 heavy (non-hydrogen) atoms. The molecule has 0 aromatic rings. The van der Waals surface area contributed by atoms with Gasteiger partial charge in [-0.3, -0.25) is 0 Å². The molecule has 0 atom stereocenters. The second-order valence-electron chi connectivity index (χ2n) is 1.15. The zero-order valence-electron chi connectivity index (χ0n) is 3.46. The molecule has 0 spiro atoms. The molecule has 1 N–H and O–H groups in total. The van der Waals surface area contributed by atoms with Crippen LogP contribution in [-0.4, -0.2) is 6.04 Å². The van der Waals surface area contributed by atoms with E-state index in [0.29, 0.717) is 0 Å². The van der Waals surface area contributed by atoms with E-state index in [-0.39, 0.29) is 26.1 Å². The van der Waals surface area contributed by atoms with Crippen molar-refractivity contribution in [1.29, 1.82) is 0 Å². The van der Waals surface area contributed by atoms with Gasteiger partial charge >= 0.3 is 0 Å². The Labute approximate surface area is 46.3 Å². The quantitative estimate of drug-likeness (QED) is 0.506. The zero-order chi connectivity index (χ0) is 3.58. The van der Waals surface area contributed by atoms with Gasteiger partial charge in [0.05, 0.1) is 0 Å². The van der Waals surface area contributed by atoms with Crippen LogP contribution in [0.4, 0.5) is 0 Å².